The summed E-state index contributed by atoms with van der Waals surface area (Å²) in [5, 5.41) is 0. The fourth-order valence-corrected chi connectivity index (χ4v) is 5.56. The Bertz CT molecular complexity index is 974. The highest BCUT2D eigenvalue weighted by atomic mass is 31.2. The lowest BCUT2D eigenvalue weighted by Crippen LogP contribution is -2.20. The number of benzene rings is 2. The van der Waals surface area contributed by atoms with Gasteiger partial charge in [0.15, 0.2) is 7.37 Å². The summed E-state index contributed by atoms with van der Waals surface area (Å²) in [4.78, 5) is 9.71. The number of halogens is 1. The monoisotopic (exact) mass is 460 g/mol. The van der Waals surface area contributed by atoms with Crippen molar-refractivity contribution in [2.24, 2.45) is 5.92 Å². The lowest BCUT2D eigenvalue weighted by atomic mass is 9.79. The summed E-state index contributed by atoms with van der Waals surface area (Å²) in [5.41, 5.74) is 3.16. The van der Waals surface area contributed by atoms with Gasteiger partial charge < -0.3 is 14.4 Å². The van der Waals surface area contributed by atoms with Gasteiger partial charge >= 0.3 is 0 Å². The lowest BCUT2D eigenvalue weighted by molar-refractivity contribution is 0.197. The first-order valence-electron chi connectivity index (χ1n) is 11.7. The first-order valence-corrected chi connectivity index (χ1v) is 14.0. The maximum atomic E-state index is 14.3. The molecule has 6 heteroatoms. The molecule has 2 aliphatic rings. The summed E-state index contributed by atoms with van der Waals surface area (Å²) in [6.07, 6.45) is 7.19. The third kappa shape index (κ3) is 5.94. The Balaban J connectivity index is 1.36. The van der Waals surface area contributed by atoms with Crippen LogP contribution in [0.2, 0.25) is 0 Å². The molecule has 2 saturated carbocycles. The van der Waals surface area contributed by atoms with Crippen molar-refractivity contribution in [3.63, 3.8) is 0 Å². The van der Waals surface area contributed by atoms with Gasteiger partial charge in [-0.05, 0) is 98.1 Å². The second kappa shape index (κ2) is 9.97. The van der Waals surface area contributed by atoms with Gasteiger partial charge in [0.25, 0.3) is 0 Å². The minimum absolute atomic E-state index is 0.143. The highest BCUT2D eigenvalue weighted by Gasteiger charge is 2.30. The maximum absolute atomic E-state index is 14.3. The average Bonchev–Trinajstić information content (AvgIpc) is 3.62. The van der Waals surface area contributed by atoms with Crippen molar-refractivity contribution in [1.29, 1.82) is 0 Å². The number of ether oxygens (including phenoxy) is 2. The summed E-state index contributed by atoms with van der Waals surface area (Å²) in [7, 11) is -1.42. The third-order valence-electron chi connectivity index (χ3n) is 6.90. The minimum Gasteiger partial charge on any atom is -0.497 e. The molecule has 4 nitrogen and oxygen atoms in total. The van der Waals surface area contributed by atoms with E-state index in [1.54, 1.807) is 13.2 Å². The van der Waals surface area contributed by atoms with E-state index in [1.165, 1.54) is 18.3 Å². The van der Waals surface area contributed by atoms with Crippen molar-refractivity contribution < 1.29 is 23.3 Å². The first kappa shape index (κ1) is 23.3. The van der Waals surface area contributed by atoms with Crippen molar-refractivity contribution in [2.45, 2.75) is 56.8 Å². The zero-order valence-corrected chi connectivity index (χ0v) is 20.0. The third-order valence-corrected chi connectivity index (χ3v) is 7.96. The van der Waals surface area contributed by atoms with Crippen molar-refractivity contribution >= 4 is 7.37 Å². The maximum Gasteiger partial charge on any atom is 0.197 e. The summed E-state index contributed by atoms with van der Waals surface area (Å²) in [6, 6.07) is 11.1. The summed E-state index contributed by atoms with van der Waals surface area (Å²) < 4.78 is 37.7. The molecule has 0 amide bonds. The molecule has 0 aliphatic heterocycles. The molecule has 174 valence electrons. The Labute approximate surface area is 190 Å². The number of hydrogen-bond acceptors (Lipinski definition) is 3. The Morgan fingerprint density at radius 3 is 2.44 bits per heavy atom. The van der Waals surface area contributed by atoms with E-state index in [4.69, 9.17) is 9.47 Å². The van der Waals surface area contributed by atoms with Crippen molar-refractivity contribution in [2.75, 3.05) is 26.5 Å². The van der Waals surface area contributed by atoms with E-state index in [-0.39, 0.29) is 11.7 Å². The van der Waals surface area contributed by atoms with Gasteiger partial charge in [-0.25, -0.2) is 4.39 Å². The topological polar surface area (TPSA) is 55.8 Å². The fraction of sp³-hybridized carbons (Fsp3) is 0.538. The smallest absolute Gasteiger partial charge is 0.197 e. The molecular formula is C26H34FO4P. The fourth-order valence-electron chi connectivity index (χ4n) is 4.91. The van der Waals surface area contributed by atoms with Crippen LogP contribution in [0, 0.1) is 11.7 Å². The molecule has 2 aromatic rings. The molecule has 0 aromatic heterocycles. The number of rotatable bonds is 9. The number of hydrogen-bond donors (Lipinski definition) is 1. The van der Waals surface area contributed by atoms with Crippen LogP contribution < -0.4 is 9.47 Å². The van der Waals surface area contributed by atoms with E-state index in [0.717, 1.165) is 55.4 Å². The standard InChI is InChI=1S/C26H34FO4P/c1-30-22-12-13-24(27)23(16-22)19-8-6-18(7-9-19)17-31-25-5-3-4-20(14-15-32(2,28)29)26(25)21-10-11-21/h3-5,12-13,16,18-19,21H,6-11,14-15,17H2,1-2H3,(H,28,29). The molecule has 0 saturated heterocycles. The molecule has 1 unspecified atom stereocenters. The van der Waals surface area contributed by atoms with E-state index < -0.39 is 7.37 Å². The predicted octanol–water partition coefficient (Wildman–Crippen LogP) is 6.51. The molecule has 2 aromatic carbocycles. The van der Waals surface area contributed by atoms with E-state index >= 15 is 0 Å². The van der Waals surface area contributed by atoms with Crippen LogP contribution in [0.5, 0.6) is 11.5 Å². The van der Waals surface area contributed by atoms with Gasteiger partial charge in [0.2, 0.25) is 0 Å². The molecule has 1 atom stereocenters. The van der Waals surface area contributed by atoms with Gasteiger partial charge in [0, 0.05) is 18.4 Å². The van der Waals surface area contributed by atoms with Gasteiger partial charge in [-0.15, -0.1) is 0 Å². The van der Waals surface area contributed by atoms with Crippen LogP contribution in [0.1, 0.15) is 67.1 Å². The van der Waals surface area contributed by atoms with Gasteiger partial charge in [0.1, 0.15) is 17.3 Å². The SMILES string of the molecule is COc1ccc(F)c(C2CCC(COc3cccc(CCP(C)(=O)O)c3C3CC3)CC2)c1. The van der Waals surface area contributed by atoms with E-state index in [2.05, 4.69) is 6.07 Å². The van der Waals surface area contributed by atoms with E-state index in [1.807, 2.05) is 18.2 Å². The zero-order valence-electron chi connectivity index (χ0n) is 19.1. The summed E-state index contributed by atoms with van der Waals surface area (Å²) in [6.45, 7) is 2.10. The van der Waals surface area contributed by atoms with E-state index in [0.29, 0.717) is 36.8 Å². The molecule has 0 radical (unpaired) electrons. The molecular weight excluding hydrogens is 426 g/mol. The van der Waals surface area contributed by atoms with Crippen LogP contribution >= 0.6 is 7.37 Å². The van der Waals surface area contributed by atoms with Crippen LogP contribution in [-0.2, 0) is 11.0 Å². The van der Waals surface area contributed by atoms with Gasteiger partial charge in [-0.2, -0.15) is 0 Å². The quantitative estimate of drug-likeness (QED) is 0.434. The second-order valence-electron chi connectivity index (χ2n) is 9.54. The highest BCUT2D eigenvalue weighted by molar-refractivity contribution is 7.57. The van der Waals surface area contributed by atoms with Crippen molar-refractivity contribution in [3.8, 4) is 11.5 Å². The van der Waals surface area contributed by atoms with Gasteiger partial charge in [-0.1, -0.05) is 12.1 Å². The normalized spacial score (nSPS) is 22.9. The van der Waals surface area contributed by atoms with Crippen molar-refractivity contribution in [1.82, 2.24) is 0 Å². The first-order chi connectivity index (χ1) is 15.3. The van der Waals surface area contributed by atoms with Crippen LogP contribution in [0.25, 0.3) is 0 Å². The Morgan fingerprint density at radius 2 is 1.78 bits per heavy atom. The van der Waals surface area contributed by atoms with E-state index in [9.17, 15) is 13.8 Å². The molecule has 2 fully saturated rings. The molecule has 32 heavy (non-hydrogen) atoms. The molecule has 1 N–H and O–H groups in total. The number of methoxy groups -OCH3 is 1. The summed E-state index contributed by atoms with van der Waals surface area (Å²) in [5.74, 6) is 2.72. The molecule has 0 heterocycles. The van der Waals surface area contributed by atoms with Gasteiger partial charge in [0.05, 0.1) is 13.7 Å². The van der Waals surface area contributed by atoms with Gasteiger partial charge in [-0.3, -0.25) is 4.57 Å². The Kier molecular flexibility index (Phi) is 7.27. The molecule has 4 rings (SSSR count). The van der Waals surface area contributed by atoms with Crippen LogP contribution in [0.3, 0.4) is 0 Å². The predicted molar refractivity (Wildman–Crippen MR) is 126 cm³/mol. The number of aryl methyl sites for hydroxylation is 1. The van der Waals surface area contributed by atoms with Crippen LogP contribution in [-0.4, -0.2) is 31.4 Å². The largest absolute Gasteiger partial charge is 0.497 e. The van der Waals surface area contributed by atoms with Crippen molar-refractivity contribution in [3.05, 3.63) is 58.9 Å². The Hall–Kier alpha value is -1.84. The molecule has 2 aliphatic carbocycles. The lowest BCUT2D eigenvalue weighted by Gasteiger charge is -2.29. The van der Waals surface area contributed by atoms with Crippen LogP contribution in [0.15, 0.2) is 36.4 Å². The second-order valence-corrected chi connectivity index (χ2v) is 12.1. The van der Waals surface area contributed by atoms with Crippen LogP contribution in [0.4, 0.5) is 4.39 Å². The molecule has 0 bridgehead atoms. The Morgan fingerprint density at radius 1 is 1.06 bits per heavy atom. The highest BCUT2D eigenvalue weighted by Crippen LogP contribution is 2.47. The average molecular weight is 461 g/mol. The summed E-state index contributed by atoms with van der Waals surface area (Å²) >= 11 is 0. The molecule has 0 spiro atoms. The minimum atomic E-state index is -3.03. The zero-order chi connectivity index (χ0) is 22.7.